The zero-order chi connectivity index (χ0) is 20.7. The Balaban J connectivity index is 0.00000176. The predicted octanol–water partition coefficient (Wildman–Crippen LogP) is 4.76. The highest BCUT2D eigenvalue weighted by atomic mass is 16.3. The number of phenols is 4. The molecule has 5 nitrogen and oxygen atoms in total. The lowest BCUT2D eigenvalue weighted by Gasteiger charge is -2.15. The Labute approximate surface area is 161 Å². The van der Waals surface area contributed by atoms with Gasteiger partial charge in [0, 0.05) is 12.6 Å². The van der Waals surface area contributed by atoms with Crippen molar-refractivity contribution in [2.75, 3.05) is 7.05 Å². The third-order valence-electron chi connectivity index (χ3n) is 4.36. The number of aliphatic imine (C=N–C) groups is 1. The summed E-state index contributed by atoms with van der Waals surface area (Å²) in [6.07, 6.45) is 2.62. The minimum atomic E-state index is -0.668. The number of rotatable bonds is 4. The Bertz CT molecular complexity index is 838. The molecule has 4 N–H and O–H groups in total. The van der Waals surface area contributed by atoms with E-state index in [1.807, 2.05) is 58.0 Å². The summed E-state index contributed by atoms with van der Waals surface area (Å²) in [6, 6.07) is 8.02. The maximum absolute atomic E-state index is 10.3. The molecule has 2 aromatic carbocycles. The third kappa shape index (κ3) is 4.61. The molecular formula is C22H29NO4. The van der Waals surface area contributed by atoms with E-state index in [4.69, 9.17) is 0 Å². The van der Waals surface area contributed by atoms with Gasteiger partial charge in [0.1, 0.15) is 5.75 Å². The number of allylic oxidation sites excluding steroid dienone is 2. The van der Waals surface area contributed by atoms with Gasteiger partial charge in [-0.25, -0.2) is 0 Å². The van der Waals surface area contributed by atoms with E-state index in [1.54, 1.807) is 7.05 Å². The van der Waals surface area contributed by atoms with Gasteiger partial charge in [-0.1, -0.05) is 44.2 Å². The normalized spacial score (nSPS) is 11.8. The van der Waals surface area contributed by atoms with Crippen LogP contribution in [-0.4, -0.2) is 33.2 Å². The number of phenolic OH excluding ortho intramolecular Hbond substituents is 4. The van der Waals surface area contributed by atoms with Gasteiger partial charge in [-0.15, -0.1) is 0 Å². The first-order chi connectivity index (χ1) is 12.8. The van der Waals surface area contributed by atoms with Gasteiger partial charge in [0.15, 0.2) is 11.5 Å². The summed E-state index contributed by atoms with van der Waals surface area (Å²) < 4.78 is 0. The molecule has 0 saturated heterocycles. The molecule has 0 heterocycles. The van der Waals surface area contributed by atoms with Gasteiger partial charge in [-0.05, 0) is 43.9 Å². The van der Waals surface area contributed by atoms with Gasteiger partial charge in [0.25, 0.3) is 0 Å². The third-order valence-corrected chi connectivity index (χ3v) is 4.36. The van der Waals surface area contributed by atoms with Crippen molar-refractivity contribution >= 4 is 5.71 Å². The molecule has 27 heavy (non-hydrogen) atoms. The molecule has 0 saturated carbocycles. The molecule has 0 amide bonds. The first kappa shape index (κ1) is 22.1. The molecular weight excluding hydrogens is 342 g/mol. The average molecular weight is 371 g/mol. The summed E-state index contributed by atoms with van der Waals surface area (Å²) in [5.41, 5.74) is 3.51. The Morgan fingerprint density at radius 2 is 1.52 bits per heavy atom. The van der Waals surface area contributed by atoms with Crippen LogP contribution in [-0.2, 0) is 6.42 Å². The van der Waals surface area contributed by atoms with E-state index in [0.29, 0.717) is 12.1 Å². The molecule has 0 atom stereocenters. The molecule has 0 aliphatic rings. The second kappa shape index (κ2) is 9.67. The van der Waals surface area contributed by atoms with Gasteiger partial charge in [0.2, 0.25) is 5.75 Å². The fraction of sp³-hybridized carbons (Fsp3) is 0.318. The fourth-order valence-corrected chi connectivity index (χ4v) is 2.73. The van der Waals surface area contributed by atoms with E-state index in [9.17, 15) is 20.4 Å². The quantitative estimate of drug-likeness (QED) is 0.354. The Morgan fingerprint density at radius 3 is 2.07 bits per heavy atom. The number of aromatic hydroxyl groups is 4. The van der Waals surface area contributed by atoms with Gasteiger partial charge in [-0.3, -0.25) is 4.99 Å². The average Bonchev–Trinajstić information content (AvgIpc) is 2.68. The van der Waals surface area contributed by atoms with Crippen LogP contribution in [0.2, 0.25) is 0 Å². The highest BCUT2D eigenvalue weighted by Crippen LogP contribution is 2.46. The molecule has 0 unspecified atom stereocenters. The van der Waals surface area contributed by atoms with E-state index in [0.717, 1.165) is 11.1 Å². The highest BCUT2D eigenvalue weighted by Gasteiger charge is 2.24. The zero-order valence-corrected chi connectivity index (χ0v) is 16.8. The van der Waals surface area contributed by atoms with Gasteiger partial charge >= 0.3 is 0 Å². The molecule has 146 valence electrons. The number of aryl methyl sites for hydroxylation is 1. The standard InChI is InChI=1S/C20H23NO4.C2H6/c1-11-7-5-6-8-14(11)10-9-12(2)16(21-4)15-17(22)13(3)18(23)20(25)19(15)24;1-2/h5-9,22-25H,10H2,1-4H3;1-2H3/b12-9-,21-16?;. The van der Waals surface area contributed by atoms with Gasteiger partial charge < -0.3 is 20.4 Å². The number of hydrogen-bond acceptors (Lipinski definition) is 5. The summed E-state index contributed by atoms with van der Waals surface area (Å²) in [5, 5.41) is 40.1. The fourth-order valence-electron chi connectivity index (χ4n) is 2.73. The number of benzene rings is 2. The van der Waals surface area contributed by atoms with E-state index in [1.165, 1.54) is 12.5 Å². The number of hydrogen-bond donors (Lipinski definition) is 4. The van der Waals surface area contributed by atoms with Gasteiger partial charge in [0.05, 0.1) is 11.3 Å². The molecule has 0 aliphatic carbocycles. The molecule has 5 heteroatoms. The highest BCUT2D eigenvalue weighted by molar-refractivity contribution is 6.16. The van der Waals surface area contributed by atoms with Crippen LogP contribution in [0.25, 0.3) is 0 Å². The maximum atomic E-state index is 10.3. The first-order valence-electron chi connectivity index (χ1n) is 8.94. The molecule has 0 aromatic heterocycles. The molecule has 0 bridgehead atoms. The van der Waals surface area contributed by atoms with Crippen LogP contribution in [0.3, 0.4) is 0 Å². The molecule has 0 spiro atoms. The molecule has 0 aliphatic heterocycles. The van der Waals surface area contributed by atoms with E-state index in [-0.39, 0.29) is 16.9 Å². The zero-order valence-electron chi connectivity index (χ0n) is 16.8. The van der Waals surface area contributed by atoms with Gasteiger partial charge in [-0.2, -0.15) is 0 Å². The van der Waals surface area contributed by atoms with Crippen molar-refractivity contribution < 1.29 is 20.4 Å². The van der Waals surface area contributed by atoms with Crippen LogP contribution in [0.4, 0.5) is 0 Å². The second-order valence-electron chi connectivity index (χ2n) is 5.98. The van der Waals surface area contributed by atoms with Crippen molar-refractivity contribution in [1.29, 1.82) is 0 Å². The summed E-state index contributed by atoms with van der Waals surface area (Å²) in [4.78, 5) is 4.16. The lowest BCUT2D eigenvalue weighted by atomic mass is 9.96. The van der Waals surface area contributed by atoms with Crippen LogP contribution >= 0.6 is 0 Å². The lowest BCUT2D eigenvalue weighted by molar-refractivity contribution is 0.357. The van der Waals surface area contributed by atoms with E-state index >= 15 is 0 Å². The topological polar surface area (TPSA) is 93.3 Å². The Hall–Kier alpha value is -2.95. The summed E-state index contributed by atoms with van der Waals surface area (Å²) in [7, 11) is 1.54. The van der Waals surface area contributed by atoms with Crippen LogP contribution in [0.1, 0.15) is 43.0 Å². The SMILES string of the molecule is CC.CN=C(/C(C)=C\Cc1ccccc1C)c1c(O)c(C)c(O)c(O)c1O. The summed E-state index contributed by atoms with van der Waals surface area (Å²) >= 11 is 0. The van der Waals surface area contributed by atoms with Crippen molar-refractivity contribution in [3.05, 3.63) is 58.2 Å². The Morgan fingerprint density at radius 1 is 0.926 bits per heavy atom. The molecule has 0 radical (unpaired) electrons. The minimum absolute atomic E-state index is 0.00818. The molecule has 0 fully saturated rings. The van der Waals surface area contributed by atoms with Crippen LogP contribution in [0.15, 0.2) is 40.9 Å². The minimum Gasteiger partial charge on any atom is -0.507 e. The second-order valence-corrected chi connectivity index (χ2v) is 5.98. The Kier molecular flexibility index (Phi) is 7.91. The largest absolute Gasteiger partial charge is 0.507 e. The van der Waals surface area contributed by atoms with Crippen LogP contribution in [0.5, 0.6) is 23.0 Å². The van der Waals surface area contributed by atoms with E-state index in [2.05, 4.69) is 4.99 Å². The number of nitrogens with zero attached hydrogens (tertiary/aromatic N) is 1. The van der Waals surface area contributed by atoms with Crippen molar-refractivity contribution in [3.8, 4) is 23.0 Å². The molecule has 2 rings (SSSR count). The molecule has 2 aromatic rings. The summed E-state index contributed by atoms with van der Waals surface area (Å²) in [6.45, 7) is 9.30. The first-order valence-corrected chi connectivity index (χ1v) is 8.94. The van der Waals surface area contributed by atoms with Crippen molar-refractivity contribution in [2.45, 2.75) is 41.0 Å². The van der Waals surface area contributed by atoms with E-state index < -0.39 is 17.2 Å². The monoisotopic (exact) mass is 371 g/mol. The predicted molar refractivity (Wildman–Crippen MR) is 110 cm³/mol. The smallest absolute Gasteiger partial charge is 0.201 e. The van der Waals surface area contributed by atoms with Crippen molar-refractivity contribution in [2.24, 2.45) is 4.99 Å². The van der Waals surface area contributed by atoms with Crippen molar-refractivity contribution in [1.82, 2.24) is 0 Å². The maximum Gasteiger partial charge on any atom is 0.201 e. The summed E-state index contributed by atoms with van der Waals surface area (Å²) in [5.74, 6) is -2.12. The van der Waals surface area contributed by atoms with Crippen LogP contribution < -0.4 is 0 Å². The van der Waals surface area contributed by atoms with Crippen molar-refractivity contribution in [3.63, 3.8) is 0 Å². The lowest BCUT2D eigenvalue weighted by Crippen LogP contribution is -2.06. The van der Waals surface area contributed by atoms with Crippen LogP contribution in [0, 0.1) is 13.8 Å².